The van der Waals surface area contributed by atoms with Crippen LogP contribution in [0.15, 0.2) is 23.2 Å². The predicted octanol–water partition coefficient (Wildman–Crippen LogP) is 2.84. The molecular weight excluding hydrogens is 457 g/mol. The molecule has 7 heteroatoms. The molecule has 3 atom stereocenters. The maximum absolute atomic E-state index is 5.93. The summed E-state index contributed by atoms with van der Waals surface area (Å²) in [5.74, 6) is 2.51. The van der Waals surface area contributed by atoms with Gasteiger partial charge in [-0.15, -0.1) is 24.0 Å². The molecular formula is C20H30IN3O3. The Labute approximate surface area is 178 Å². The van der Waals surface area contributed by atoms with Crippen molar-refractivity contribution in [2.75, 3.05) is 26.8 Å². The molecule has 2 saturated heterocycles. The quantitative estimate of drug-likeness (QED) is 0.389. The SMILES string of the molecule is CN=C(NCC(C)(C)c1ccc2c(c1)OCCO2)NC1CC2CCC1O2.I. The molecule has 2 fully saturated rings. The zero-order valence-corrected chi connectivity index (χ0v) is 18.6. The molecule has 2 bridgehead atoms. The molecule has 4 rings (SSSR count). The van der Waals surface area contributed by atoms with Gasteiger partial charge in [0.25, 0.3) is 0 Å². The van der Waals surface area contributed by atoms with E-state index in [4.69, 9.17) is 14.2 Å². The van der Waals surface area contributed by atoms with Crippen LogP contribution in [0.1, 0.15) is 38.7 Å². The van der Waals surface area contributed by atoms with Gasteiger partial charge in [0.05, 0.1) is 18.2 Å². The first-order valence-corrected chi connectivity index (χ1v) is 9.58. The lowest BCUT2D eigenvalue weighted by Crippen LogP contribution is -2.49. The fourth-order valence-corrected chi connectivity index (χ4v) is 4.03. The van der Waals surface area contributed by atoms with Crippen LogP contribution in [0.2, 0.25) is 0 Å². The molecule has 3 aliphatic rings. The van der Waals surface area contributed by atoms with Crippen LogP contribution in [-0.2, 0) is 10.2 Å². The average molecular weight is 487 g/mol. The van der Waals surface area contributed by atoms with Gasteiger partial charge in [0.2, 0.25) is 0 Å². The second-order valence-electron chi connectivity index (χ2n) is 8.03. The first-order valence-electron chi connectivity index (χ1n) is 9.58. The first-order chi connectivity index (χ1) is 12.5. The summed E-state index contributed by atoms with van der Waals surface area (Å²) in [6.07, 6.45) is 4.21. The van der Waals surface area contributed by atoms with Crippen LogP contribution < -0.4 is 20.1 Å². The molecule has 0 amide bonds. The summed E-state index contributed by atoms with van der Waals surface area (Å²) in [5, 5.41) is 7.03. The number of halogens is 1. The molecule has 3 heterocycles. The van der Waals surface area contributed by atoms with Crippen molar-refractivity contribution >= 4 is 29.9 Å². The zero-order valence-electron chi connectivity index (χ0n) is 16.3. The molecule has 1 aromatic carbocycles. The topological polar surface area (TPSA) is 64.1 Å². The van der Waals surface area contributed by atoms with Gasteiger partial charge < -0.3 is 24.8 Å². The van der Waals surface area contributed by atoms with Crippen molar-refractivity contribution in [3.05, 3.63) is 23.8 Å². The molecule has 150 valence electrons. The Balaban J connectivity index is 0.00000210. The molecule has 0 spiro atoms. The van der Waals surface area contributed by atoms with Crippen LogP contribution in [0.3, 0.4) is 0 Å². The normalized spacial score (nSPS) is 26.5. The van der Waals surface area contributed by atoms with Crippen LogP contribution >= 0.6 is 24.0 Å². The minimum atomic E-state index is -0.0708. The number of ether oxygens (including phenoxy) is 3. The van der Waals surface area contributed by atoms with E-state index in [0.717, 1.165) is 36.8 Å². The second-order valence-corrected chi connectivity index (χ2v) is 8.03. The molecule has 0 radical (unpaired) electrons. The van der Waals surface area contributed by atoms with Crippen LogP contribution in [0.4, 0.5) is 0 Å². The molecule has 27 heavy (non-hydrogen) atoms. The average Bonchev–Trinajstić information content (AvgIpc) is 3.27. The van der Waals surface area contributed by atoms with Gasteiger partial charge in [0.15, 0.2) is 17.5 Å². The number of aliphatic imine (C=N–C) groups is 1. The van der Waals surface area contributed by atoms with E-state index >= 15 is 0 Å². The smallest absolute Gasteiger partial charge is 0.191 e. The molecule has 0 saturated carbocycles. The van der Waals surface area contributed by atoms with Crippen LogP contribution in [-0.4, -0.2) is 51.0 Å². The number of nitrogens with zero attached hydrogens (tertiary/aromatic N) is 1. The molecule has 0 aliphatic carbocycles. The van der Waals surface area contributed by atoms with Gasteiger partial charge in [0, 0.05) is 19.0 Å². The molecule has 6 nitrogen and oxygen atoms in total. The lowest BCUT2D eigenvalue weighted by atomic mass is 9.84. The lowest BCUT2D eigenvalue weighted by Gasteiger charge is -2.29. The van der Waals surface area contributed by atoms with Gasteiger partial charge in [-0.1, -0.05) is 19.9 Å². The second kappa shape index (κ2) is 8.43. The fraction of sp³-hybridized carbons (Fsp3) is 0.650. The number of fused-ring (bicyclic) bond motifs is 3. The van der Waals surface area contributed by atoms with Crippen molar-refractivity contribution in [2.24, 2.45) is 4.99 Å². The number of guanidine groups is 1. The molecule has 0 aromatic heterocycles. The van der Waals surface area contributed by atoms with Crippen LogP contribution in [0.25, 0.3) is 0 Å². The van der Waals surface area contributed by atoms with Crippen molar-refractivity contribution in [1.82, 2.24) is 10.6 Å². The largest absolute Gasteiger partial charge is 0.486 e. The predicted molar refractivity (Wildman–Crippen MR) is 117 cm³/mol. The van der Waals surface area contributed by atoms with Gasteiger partial charge in [0.1, 0.15) is 13.2 Å². The number of nitrogens with one attached hydrogen (secondary N) is 2. The number of hydrogen-bond acceptors (Lipinski definition) is 4. The Kier molecular flexibility index (Phi) is 6.40. The summed E-state index contributed by atoms with van der Waals surface area (Å²) in [6.45, 7) is 6.44. The van der Waals surface area contributed by atoms with Gasteiger partial charge >= 0.3 is 0 Å². The highest BCUT2D eigenvalue weighted by atomic mass is 127. The van der Waals surface area contributed by atoms with E-state index in [9.17, 15) is 0 Å². The summed E-state index contributed by atoms with van der Waals surface area (Å²) in [6, 6.07) is 6.59. The van der Waals surface area contributed by atoms with E-state index in [2.05, 4.69) is 41.6 Å². The van der Waals surface area contributed by atoms with Crippen molar-refractivity contribution in [3.8, 4) is 11.5 Å². The van der Waals surface area contributed by atoms with E-state index in [-0.39, 0.29) is 29.4 Å². The van der Waals surface area contributed by atoms with E-state index in [1.54, 1.807) is 0 Å². The minimum Gasteiger partial charge on any atom is -0.486 e. The first kappa shape index (κ1) is 20.5. The van der Waals surface area contributed by atoms with Crippen molar-refractivity contribution < 1.29 is 14.2 Å². The standard InChI is InChI=1S/C20H29N3O3.HI/c1-20(2,13-4-6-17-18(10-13)25-9-8-24-17)12-22-19(21-3)23-15-11-14-5-7-16(15)26-14;/h4,6,10,14-16H,5,7-9,11-12H2,1-3H3,(H2,21,22,23);1H. The Morgan fingerprint density at radius 2 is 1.96 bits per heavy atom. The van der Waals surface area contributed by atoms with Crippen molar-refractivity contribution in [2.45, 2.75) is 56.8 Å². The monoisotopic (exact) mass is 487 g/mol. The van der Waals surface area contributed by atoms with E-state index in [1.165, 1.54) is 12.0 Å². The Hall–Kier alpha value is -1.22. The molecule has 1 aromatic rings. The third kappa shape index (κ3) is 4.45. The van der Waals surface area contributed by atoms with Crippen LogP contribution in [0, 0.1) is 0 Å². The summed E-state index contributed by atoms with van der Waals surface area (Å²) < 4.78 is 17.3. The fourth-order valence-electron chi connectivity index (χ4n) is 4.03. The molecule has 3 unspecified atom stereocenters. The van der Waals surface area contributed by atoms with Crippen molar-refractivity contribution in [3.63, 3.8) is 0 Å². The highest BCUT2D eigenvalue weighted by molar-refractivity contribution is 14.0. The Morgan fingerprint density at radius 3 is 2.63 bits per heavy atom. The third-order valence-corrected chi connectivity index (χ3v) is 5.67. The summed E-state index contributed by atoms with van der Waals surface area (Å²) in [5.41, 5.74) is 1.14. The minimum absolute atomic E-state index is 0. The maximum Gasteiger partial charge on any atom is 0.191 e. The van der Waals surface area contributed by atoms with Crippen LogP contribution in [0.5, 0.6) is 11.5 Å². The van der Waals surface area contributed by atoms with Gasteiger partial charge in [-0.2, -0.15) is 0 Å². The third-order valence-electron chi connectivity index (χ3n) is 5.67. The highest BCUT2D eigenvalue weighted by Crippen LogP contribution is 2.35. The van der Waals surface area contributed by atoms with Gasteiger partial charge in [-0.05, 0) is 37.0 Å². The summed E-state index contributed by atoms with van der Waals surface area (Å²) >= 11 is 0. The number of benzene rings is 1. The van der Waals surface area contributed by atoms with E-state index in [1.807, 2.05) is 13.1 Å². The van der Waals surface area contributed by atoms with Crippen molar-refractivity contribution in [1.29, 1.82) is 0 Å². The lowest BCUT2D eigenvalue weighted by molar-refractivity contribution is 0.0992. The Bertz CT molecular complexity index is 695. The summed E-state index contributed by atoms with van der Waals surface area (Å²) in [7, 11) is 1.82. The molecule has 2 N–H and O–H groups in total. The summed E-state index contributed by atoms with van der Waals surface area (Å²) in [4.78, 5) is 4.40. The Morgan fingerprint density at radius 1 is 1.19 bits per heavy atom. The maximum atomic E-state index is 5.93. The van der Waals surface area contributed by atoms with Gasteiger partial charge in [-0.25, -0.2) is 0 Å². The van der Waals surface area contributed by atoms with Gasteiger partial charge in [-0.3, -0.25) is 4.99 Å². The van der Waals surface area contributed by atoms with E-state index in [0.29, 0.717) is 31.5 Å². The number of rotatable bonds is 4. The highest BCUT2D eigenvalue weighted by Gasteiger charge is 2.41. The molecule has 3 aliphatic heterocycles. The van der Waals surface area contributed by atoms with E-state index < -0.39 is 0 Å². The number of hydrogen-bond donors (Lipinski definition) is 2. The zero-order chi connectivity index (χ0) is 18.1.